The van der Waals surface area contributed by atoms with E-state index in [-0.39, 0.29) is 30.2 Å². The first-order valence-corrected chi connectivity index (χ1v) is 9.96. The molecule has 2 unspecified atom stereocenters. The molecule has 1 fully saturated rings. The van der Waals surface area contributed by atoms with Crippen molar-refractivity contribution < 1.29 is 18.3 Å². The van der Waals surface area contributed by atoms with Gasteiger partial charge in [0.05, 0.1) is 11.3 Å². The molecule has 3 N–H and O–H groups in total. The predicted octanol–water partition coefficient (Wildman–Crippen LogP) is 3.42. The minimum Gasteiger partial charge on any atom is -0.485 e. The first-order valence-electron chi connectivity index (χ1n) is 9.96. The van der Waals surface area contributed by atoms with Crippen LogP contribution in [0.1, 0.15) is 46.7 Å². The molecule has 0 radical (unpaired) electrons. The summed E-state index contributed by atoms with van der Waals surface area (Å²) >= 11 is 0. The summed E-state index contributed by atoms with van der Waals surface area (Å²) in [6, 6.07) is 7.29. The monoisotopic (exact) mass is 414 g/mol. The van der Waals surface area contributed by atoms with Crippen molar-refractivity contribution in [2.24, 2.45) is 5.73 Å². The van der Waals surface area contributed by atoms with Crippen molar-refractivity contribution in [3.05, 3.63) is 64.6 Å². The topological polar surface area (TPSA) is 81.7 Å². The molecule has 1 amide bonds. The van der Waals surface area contributed by atoms with E-state index >= 15 is 0 Å². The molecule has 30 heavy (non-hydrogen) atoms. The Morgan fingerprint density at radius 3 is 2.63 bits per heavy atom. The number of nitrogens with two attached hydrogens (primary N) is 1. The maximum absolute atomic E-state index is 13.9. The van der Waals surface area contributed by atoms with E-state index < -0.39 is 11.6 Å². The second kappa shape index (κ2) is 8.02. The number of carbonyl (C=O) groups excluding carboxylic acids is 1. The van der Waals surface area contributed by atoms with Crippen LogP contribution in [-0.2, 0) is 6.61 Å². The van der Waals surface area contributed by atoms with E-state index in [1.54, 1.807) is 23.5 Å². The molecule has 4 rings (SSSR count). The molecule has 0 saturated heterocycles. The second-order valence-electron chi connectivity index (χ2n) is 7.78. The van der Waals surface area contributed by atoms with E-state index in [9.17, 15) is 13.6 Å². The summed E-state index contributed by atoms with van der Waals surface area (Å²) in [4.78, 5) is 17.5. The van der Waals surface area contributed by atoms with Crippen LogP contribution in [0.15, 0.2) is 30.3 Å². The van der Waals surface area contributed by atoms with Gasteiger partial charge in [-0.1, -0.05) is 6.07 Å². The highest BCUT2D eigenvalue weighted by atomic mass is 19.1. The minimum atomic E-state index is -0.674. The maximum atomic E-state index is 13.9. The number of hydrogen-bond acceptors (Lipinski definition) is 4. The number of rotatable bonds is 5. The van der Waals surface area contributed by atoms with Gasteiger partial charge >= 0.3 is 0 Å². The number of nitrogens with one attached hydrogen (secondary N) is 1. The number of amides is 1. The second-order valence-corrected chi connectivity index (χ2v) is 7.78. The van der Waals surface area contributed by atoms with Crippen LogP contribution in [0.25, 0.3) is 5.65 Å². The zero-order chi connectivity index (χ0) is 21.4. The Hall–Kier alpha value is -3.00. The Balaban J connectivity index is 1.64. The van der Waals surface area contributed by atoms with Crippen molar-refractivity contribution in [2.75, 3.05) is 0 Å². The van der Waals surface area contributed by atoms with Gasteiger partial charge in [-0.05, 0) is 57.4 Å². The zero-order valence-electron chi connectivity index (χ0n) is 16.9. The van der Waals surface area contributed by atoms with E-state index in [1.807, 2.05) is 6.92 Å². The van der Waals surface area contributed by atoms with Crippen LogP contribution in [0.3, 0.4) is 0 Å². The van der Waals surface area contributed by atoms with Crippen molar-refractivity contribution in [1.82, 2.24) is 14.7 Å². The Labute approximate surface area is 173 Å². The number of aromatic nitrogens is 2. The highest BCUT2D eigenvalue weighted by molar-refractivity contribution is 5.95. The minimum absolute atomic E-state index is 0.0428. The van der Waals surface area contributed by atoms with Crippen LogP contribution in [0, 0.1) is 25.5 Å². The lowest BCUT2D eigenvalue weighted by Crippen LogP contribution is -2.35. The van der Waals surface area contributed by atoms with Crippen molar-refractivity contribution in [2.45, 2.75) is 51.8 Å². The van der Waals surface area contributed by atoms with E-state index in [2.05, 4.69) is 10.3 Å². The zero-order valence-corrected chi connectivity index (χ0v) is 16.9. The van der Waals surface area contributed by atoms with E-state index in [1.165, 1.54) is 18.2 Å². The number of aryl methyl sites for hydroxylation is 2. The number of benzene rings is 1. The van der Waals surface area contributed by atoms with Crippen molar-refractivity contribution in [3.63, 3.8) is 0 Å². The molecule has 2 atom stereocenters. The fraction of sp³-hybridized carbons (Fsp3) is 0.364. The van der Waals surface area contributed by atoms with E-state index in [0.29, 0.717) is 22.8 Å². The number of hydrogen-bond donors (Lipinski definition) is 2. The summed E-state index contributed by atoms with van der Waals surface area (Å²) in [6.45, 7) is 3.32. The fourth-order valence-electron chi connectivity index (χ4n) is 3.98. The van der Waals surface area contributed by atoms with Crippen LogP contribution >= 0.6 is 0 Å². The van der Waals surface area contributed by atoms with Gasteiger partial charge in [-0.15, -0.1) is 0 Å². The molecule has 2 aromatic heterocycles. The smallest absolute Gasteiger partial charge is 0.270 e. The summed E-state index contributed by atoms with van der Waals surface area (Å²) in [5.41, 5.74) is 7.98. The van der Waals surface area contributed by atoms with Crippen LogP contribution < -0.4 is 15.8 Å². The molecular formula is C22H24F2N4O2. The van der Waals surface area contributed by atoms with Crippen LogP contribution in [0.2, 0.25) is 0 Å². The lowest BCUT2D eigenvalue weighted by atomic mass is 10.2. The molecule has 0 aliphatic heterocycles. The van der Waals surface area contributed by atoms with Gasteiger partial charge in [-0.2, -0.15) is 0 Å². The molecule has 3 aromatic rings. The Bertz CT molecular complexity index is 1090. The molecule has 6 nitrogen and oxygen atoms in total. The Morgan fingerprint density at radius 2 is 1.97 bits per heavy atom. The molecule has 0 bridgehead atoms. The average Bonchev–Trinajstić information content (AvgIpc) is 3.26. The van der Waals surface area contributed by atoms with Gasteiger partial charge in [-0.3, -0.25) is 9.20 Å². The number of fused-ring (bicyclic) bond motifs is 1. The number of imidazole rings is 1. The third kappa shape index (κ3) is 3.75. The molecule has 1 aliphatic rings. The van der Waals surface area contributed by atoms with Crippen LogP contribution in [0.4, 0.5) is 8.78 Å². The number of ether oxygens (including phenoxy) is 1. The predicted molar refractivity (Wildman–Crippen MR) is 108 cm³/mol. The number of pyridine rings is 1. The molecule has 1 aliphatic carbocycles. The highest BCUT2D eigenvalue weighted by Crippen LogP contribution is 2.26. The van der Waals surface area contributed by atoms with Crippen molar-refractivity contribution in [1.29, 1.82) is 0 Å². The molecule has 2 heterocycles. The van der Waals surface area contributed by atoms with E-state index in [0.717, 1.165) is 25.0 Å². The highest BCUT2D eigenvalue weighted by Gasteiger charge is 2.27. The van der Waals surface area contributed by atoms with Crippen molar-refractivity contribution in [3.8, 4) is 5.75 Å². The molecule has 1 saturated carbocycles. The van der Waals surface area contributed by atoms with E-state index in [4.69, 9.17) is 10.5 Å². The van der Waals surface area contributed by atoms with Gasteiger partial charge in [-0.25, -0.2) is 13.8 Å². The SMILES string of the molecule is Cc1nc2c(OCc3c(F)cccc3F)ccc(C)n2c1C(=O)NC1CCC(N)C1. The van der Waals surface area contributed by atoms with Crippen molar-refractivity contribution >= 4 is 11.6 Å². The summed E-state index contributed by atoms with van der Waals surface area (Å²) in [6.07, 6.45) is 2.49. The fourth-order valence-corrected chi connectivity index (χ4v) is 3.98. The quantitative estimate of drug-likeness (QED) is 0.670. The lowest BCUT2D eigenvalue weighted by molar-refractivity contribution is 0.0931. The summed E-state index contributed by atoms with van der Waals surface area (Å²) in [5.74, 6) is -1.23. The number of carbonyl (C=O) groups is 1. The van der Waals surface area contributed by atoms with Gasteiger partial charge in [0.2, 0.25) is 0 Å². The normalized spacial score (nSPS) is 18.7. The van der Waals surface area contributed by atoms with Crippen LogP contribution in [-0.4, -0.2) is 27.4 Å². The van der Waals surface area contributed by atoms with Gasteiger partial charge in [0.15, 0.2) is 11.4 Å². The lowest BCUT2D eigenvalue weighted by Gasteiger charge is -2.14. The van der Waals surface area contributed by atoms with Gasteiger partial charge < -0.3 is 15.8 Å². The Morgan fingerprint density at radius 1 is 1.23 bits per heavy atom. The van der Waals surface area contributed by atoms with Gasteiger partial charge in [0.25, 0.3) is 5.91 Å². The molecular weight excluding hydrogens is 390 g/mol. The molecule has 0 spiro atoms. The standard InChI is InChI=1S/C22H24F2N4O2/c1-12-6-9-19(30-11-16-17(23)4-3-5-18(16)24)21-26-13(2)20(28(12)21)22(29)27-15-8-7-14(25)10-15/h3-6,9,14-15H,7-8,10-11,25H2,1-2H3,(H,27,29). The maximum Gasteiger partial charge on any atom is 0.270 e. The largest absolute Gasteiger partial charge is 0.485 e. The first-order chi connectivity index (χ1) is 14.3. The third-order valence-electron chi connectivity index (χ3n) is 5.56. The molecule has 8 heteroatoms. The number of halogens is 2. The van der Waals surface area contributed by atoms with Gasteiger partial charge in [0.1, 0.15) is 23.9 Å². The summed E-state index contributed by atoms with van der Waals surface area (Å²) in [5, 5.41) is 3.04. The van der Waals surface area contributed by atoms with Crippen LogP contribution in [0.5, 0.6) is 5.75 Å². The summed E-state index contributed by atoms with van der Waals surface area (Å²) in [7, 11) is 0. The van der Waals surface area contributed by atoms with Gasteiger partial charge in [0, 0.05) is 17.8 Å². The molecule has 158 valence electrons. The average molecular weight is 414 g/mol. The Kier molecular flexibility index (Phi) is 5.42. The molecule has 1 aromatic carbocycles. The first kappa shape index (κ1) is 20.3. The number of nitrogens with zero attached hydrogens (tertiary/aromatic N) is 2. The summed E-state index contributed by atoms with van der Waals surface area (Å²) < 4.78 is 35.3. The third-order valence-corrected chi connectivity index (χ3v) is 5.56.